The second kappa shape index (κ2) is 6.81. The zero-order valence-electron chi connectivity index (χ0n) is 12.7. The van der Waals surface area contributed by atoms with Crippen LogP contribution in [0.15, 0.2) is 16.7 Å². The predicted molar refractivity (Wildman–Crippen MR) is 83.5 cm³/mol. The maximum Gasteiger partial charge on any atom is 0.130 e. The molecule has 0 saturated carbocycles. The second-order valence-corrected chi connectivity index (χ2v) is 5.01. The summed E-state index contributed by atoms with van der Waals surface area (Å²) in [4.78, 5) is 2.10. The van der Waals surface area contributed by atoms with Gasteiger partial charge in [0.2, 0.25) is 0 Å². The van der Waals surface area contributed by atoms with E-state index in [1.54, 1.807) is 6.26 Å². The molecule has 2 rings (SSSR count). The van der Waals surface area contributed by atoms with Crippen molar-refractivity contribution in [2.75, 3.05) is 19.0 Å². The third-order valence-corrected chi connectivity index (χ3v) is 3.32. The van der Waals surface area contributed by atoms with Crippen LogP contribution >= 0.6 is 12.4 Å². The molecule has 0 amide bonds. The summed E-state index contributed by atoms with van der Waals surface area (Å²) in [6.45, 7) is 5.64. The molecule has 0 aliphatic heterocycles. The van der Waals surface area contributed by atoms with Gasteiger partial charge in [0.1, 0.15) is 11.6 Å². The molecule has 5 nitrogen and oxygen atoms in total. The fourth-order valence-electron chi connectivity index (χ4n) is 2.37. The van der Waals surface area contributed by atoms with Crippen molar-refractivity contribution in [2.45, 2.75) is 26.9 Å². The third kappa shape index (κ3) is 3.35. The van der Waals surface area contributed by atoms with Crippen LogP contribution in [0.25, 0.3) is 0 Å². The van der Waals surface area contributed by atoms with Crippen molar-refractivity contribution >= 4 is 18.2 Å². The van der Waals surface area contributed by atoms with Crippen LogP contribution < -0.4 is 10.2 Å². The third-order valence-electron chi connectivity index (χ3n) is 3.32. The van der Waals surface area contributed by atoms with Crippen LogP contribution in [0.3, 0.4) is 0 Å². The number of rotatable bonds is 5. The van der Waals surface area contributed by atoms with Crippen LogP contribution in [0.4, 0.5) is 5.82 Å². The molecule has 2 aromatic heterocycles. The largest absolute Gasteiger partial charge is 0.469 e. The van der Waals surface area contributed by atoms with Crippen LogP contribution in [-0.4, -0.2) is 23.9 Å². The van der Waals surface area contributed by atoms with Gasteiger partial charge in [-0.2, -0.15) is 5.10 Å². The van der Waals surface area contributed by atoms with Crippen LogP contribution in [-0.2, 0) is 20.1 Å². The Balaban J connectivity index is 0.00000200. The molecule has 2 heterocycles. The monoisotopic (exact) mass is 298 g/mol. The molecule has 0 bridgehead atoms. The molecule has 112 valence electrons. The zero-order valence-corrected chi connectivity index (χ0v) is 13.5. The molecule has 0 fully saturated rings. The lowest BCUT2D eigenvalue weighted by Gasteiger charge is -2.15. The van der Waals surface area contributed by atoms with E-state index in [0.717, 1.165) is 30.4 Å². The van der Waals surface area contributed by atoms with E-state index in [9.17, 15) is 0 Å². The molecule has 0 radical (unpaired) electrons. The van der Waals surface area contributed by atoms with Gasteiger partial charge < -0.3 is 14.6 Å². The first-order valence-corrected chi connectivity index (χ1v) is 6.44. The van der Waals surface area contributed by atoms with Crippen LogP contribution in [0, 0.1) is 13.8 Å². The summed E-state index contributed by atoms with van der Waals surface area (Å²) < 4.78 is 7.22. The van der Waals surface area contributed by atoms with E-state index in [1.165, 1.54) is 11.1 Å². The highest BCUT2D eigenvalue weighted by molar-refractivity contribution is 5.85. The lowest BCUT2D eigenvalue weighted by molar-refractivity contribution is 0.526. The van der Waals surface area contributed by atoms with Crippen molar-refractivity contribution < 1.29 is 4.42 Å². The Kier molecular flexibility index (Phi) is 5.65. The predicted octanol–water partition coefficient (Wildman–Crippen LogP) is 2.41. The quantitative estimate of drug-likeness (QED) is 0.921. The van der Waals surface area contributed by atoms with E-state index >= 15 is 0 Å². The van der Waals surface area contributed by atoms with E-state index < -0.39 is 0 Å². The zero-order chi connectivity index (χ0) is 14.0. The minimum absolute atomic E-state index is 0. The molecule has 0 aliphatic rings. The number of hydrogen-bond donors (Lipinski definition) is 1. The van der Waals surface area contributed by atoms with Crippen molar-refractivity contribution in [3.8, 4) is 0 Å². The first kappa shape index (κ1) is 16.6. The van der Waals surface area contributed by atoms with Gasteiger partial charge in [-0.05, 0) is 19.9 Å². The Morgan fingerprint density at radius 1 is 1.30 bits per heavy atom. The smallest absolute Gasteiger partial charge is 0.130 e. The second-order valence-electron chi connectivity index (χ2n) is 5.01. The standard InChI is InChI=1S/C14H22N4O.ClH/c1-10-13(14(17(3)4)18(5)16-10)9-15-8-12-6-7-19-11(12)2;/h6-7,15H,8-9H2,1-5H3;1H. The van der Waals surface area contributed by atoms with E-state index in [-0.39, 0.29) is 12.4 Å². The average molecular weight is 299 g/mol. The van der Waals surface area contributed by atoms with Crippen LogP contribution in [0.2, 0.25) is 0 Å². The van der Waals surface area contributed by atoms with Crippen LogP contribution in [0.5, 0.6) is 0 Å². The summed E-state index contributed by atoms with van der Waals surface area (Å²) >= 11 is 0. The number of aryl methyl sites for hydroxylation is 3. The number of anilines is 1. The van der Waals surface area contributed by atoms with Gasteiger partial charge in [0.05, 0.1) is 12.0 Å². The van der Waals surface area contributed by atoms with Crippen molar-refractivity contribution in [2.24, 2.45) is 7.05 Å². The molecule has 0 aromatic carbocycles. The summed E-state index contributed by atoms with van der Waals surface area (Å²) in [5.74, 6) is 2.12. The topological polar surface area (TPSA) is 46.2 Å². The first-order valence-electron chi connectivity index (χ1n) is 6.44. The van der Waals surface area contributed by atoms with Crippen molar-refractivity contribution in [3.63, 3.8) is 0 Å². The van der Waals surface area contributed by atoms with Gasteiger partial charge in [-0.3, -0.25) is 4.68 Å². The van der Waals surface area contributed by atoms with E-state index in [0.29, 0.717) is 0 Å². The number of nitrogens with one attached hydrogen (secondary N) is 1. The van der Waals surface area contributed by atoms with E-state index in [4.69, 9.17) is 4.42 Å². The minimum atomic E-state index is 0. The van der Waals surface area contributed by atoms with Gasteiger partial charge in [-0.25, -0.2) is 0 Å². The van der Waals surface area contributed by atoms with Gasteiger partial charge in [0.25, 0.3) is 0 Å². The molecule has 0 unspecified atom stereocenters. The van der Waals surface area contributed by atoms with Gasteiger partial charge in [-0.1, -0.05) is 0 Å². The number of aromatic nitrogens is 2. The number of nitrogens with zero attached hydrogens (tertiary/aromatic N) is 3. The van der Waals surface area contributed by atoms with Crippen molar-refractivity contribution in [3.05, 3.63) is 34.9 Å². The SMILES string of the molecule is Cc1nn(C)c(N(C)C)c1CNCc1ccoc1C.Cl. The Morgan fingerprint density at radius 3 is 2.55 bits per heavy atom. The Bertz CT molecular complexity index is 560. The highest BCUT2D eigenvalue weighted by Gasteiger charge is 2.14. The van der Waals surface area contributed by atoms with Gasteiger partial charge in [0, 0.05) is 45.4 Å². The fraction of sp³-hybridized carbons (Fsp3) is 0.500. The summed E-state index contributed by atoms with van der Waals surface area (Å²) in [6, 6.07) is 2.01. The molecule has 1 N–H and O–H groups in total. The minimum Gasteiger partial charge on any atom is -0.469 e. The molecule has 20 heavy (non-hydrogen) atoms. The highest BCUT2D eigenvalue weighted by atomic mass is 35.5. The Hall–Kier alpha value is -1.46. The Labute approximate surface area is 126 Å². The molecule has 0 spiro atoms. The molecule has 2 aromatic rings. The van der Waals surface area contributed by atoms with E-state index in [1.807, 2.05) is 45.7 Å². The van der Waals surface area contributed by atoms with Crippen molar-refractivity contribution in [1.82, 2.24) is 15.1 Å². The summed E-state index contributed by atoms with van der Waals surface area (Å²) in [7, 11) is 6.06. The van der Waals surface area contributed by atoms with Gasteiger partial charge in [0.15, 0.2) is 0 Å². The number of hydrogen-bond acceptors (Lipinski definition) is 4. The lowest BCUT2D eigenvalue weighted by Crippen LogP contribution is -2.19. The maximum absolute atomic E-state index is 5.29. The molecule has 0 aliphatic carbocycles. The summed E-state index contributed by atoms with van der Waals surface area (Å²) in [5, 5.41) is 7.94. The molecular weight excluding hydrogens is 276 g/mol. The average Bonchev–Trinajstić information content (AvgIpc) is 2.84. The molecule has 0 atom stereocenters. The molecular formula is C14H23ClN4O. The Morgan fingerprint density at radius 2 is 2.00 bits per heavy atom. The van der Waals surface area contributed by atoms with Gasteiger partial charge in [-0.15, -0.1) is 12.4 Å². The van der Waals surface area contributed by atoms with Crippen LogP contribution in [0.1, 0.15) is 22.6 Å². The summed E-state index contributed by atoms with van der Waals surface area (Å²) in [5.41, 5.74) is 3.52. The summed E-state index contributed by atoms with van der Waals surface area (Å²) in [6.07, 6.45) is 1.73. The lowest BCUT2D eigenvalue weighted by atomic mass is 10.2. The maximum atomic E-state index is 5.29. The van der Waals surface area contributed by atoms with Gasteiger partial charge >= 0.3 is 0 Å². The highest BCUT2D eigenvalue weighted by Crippen LogP contribution is 2.21. The number of halogens is 1. The molecule has 0 saturated heterocycles. The fourth-order valence-corrected chi connectivity index (χ4v) is 2.37. The number of furan rings is 1. The first-order chi connectivity index (χ1) is 9.00. The normalized spacial score (nSPS) is 10.4. The molecule has 6 heteroatoms. The van der Waals surface area contributed by atoms with Crippen molar-refractivity contribution in [1.29, 1.82) is 0 Å². The van der Waals surface area contributed by atoms with E-state index in [2.05, 4.69) is 15.3 Å².